The van der Waals surface area contributed by atoms with Gasteiger partial charge in [0.05, 0.1) is 0 Å². The number of hydrogen-bond acceptors (Lipinski definition) is 5. The number of aromatic nitrogens is 3. The summed E-state index contributed by atoms with van der Waals surface area (Å²) in [4.78, 5) is 4.06. The molecular formula is C12H12F3N5. The van der Waals surface area contributed by atoms with E-state index in [0.29, 0.717) is 12.4 Å². The zero-order valence-electron chi connectivity index (χ0n) is 10.6. The summed E-state index contributed by atoms with van der Waals surface area (Å²) in [5.41, 5.74) is -0.0875. The molecule has 0 bridgehead atoms. The van der Waals surface area contributed by atoms with Crippen LogP contribution in [0.2, 0.25) is 0 Å². The lowest BCUT2D eigenvalue weighted by atomic mass is 10.2. The number of hydrogen-bond donors (Lipinski definition) is 2. The van der Waals surface area contributed by atoms with Gasteiger partial charge in [-0.3, -0.25) is 0 Å². The summed E-state index contributed by atoms with van der Waals surface area (Å²) in [5.74, 6) is 0.989. The van der Waals surface area contributed by atoms with Gasteiger partial charge in [-0.1, -0.05) is 0 Å². The van der Waals surface area contributed by atoms with E-state index < -0.39 is 11.9 Å². The Morgan fingerprint density at radius 2 is 1.90 bits per heavy atom. The molecule has 0 atom stereocenters. The monoisotopic (exact) mass is 283 g/mol. The molecule has 0 fully saturated rings. The van der Waals surface area contributed by atoms with Crippen LogP contribution in [0.5, 0.6) is 0 Å². The van der Waals surface area contributed by atoms with Crippen molar-refractivity contribution >= 4 is 11.6 Å². The second kappa shape index (κ2) is 5.72. The van der Waals surface area contributed by atoms with Crippen molar-refractivity contribution in [1.29, 1.82) is 0 Å². The summed E-state index contributed by atoms with van der Waals surface area (Å²) in [6, 6.07) is 5.76. The molecule has 0 aromatic carbocycles. The molecule has 0 unspecified atom stereocenters. The van der Waals surface area contributed by atoms with Gasteiger partial charge in [0.2, 0.25) is 0 Å². The fourth-order valence-electron chi connectivity index (χ4n) is 1.49. The summed E-state index contributed by atoms with van der Waals surface area (Å²) in [6.45, 7) is 0.414. The number of alkyl halides is 3. The van der Waals surface area contributed by atoms with Gasteiger partial charge < -0.3 is 10.6 Å². The largest absolute Gasteiger partial charge is 0.435 e. The van der Waals surface area contributed by atoms with E-state index in [2.05, 4.69) is 25.8 Å². The number of nitrogens with zero attached hydrogens (tertiary/aromatic N) is 3. The zero-order valence-corrected chi connectivity index (χ0v) is 10.6. The zero-order chi connectivity index (χ0) is 14.6. The van der Waals surface area contributed by atoms with E-state index in [0.717, 1.165) is 11.6 Å². The third kappa shape index (κ3) is 3.56. The molecule has 0 amide bonds. The van der Waals surface area contributed by atoms with Gasteiger partial charge in [-0.05, 0) is 29.8 Å². The Morgan fingerprint density at radius 1 is 1.10 bits per heavy atom. The maximum absolute atomic E-state index is 12.3. The highest BCUT2D eigenvalue weighted by Crippen LogP contribution is 2.27. The highest BCUT2D eigenvalue weighted by molar-refractivity contribution is 5.39. The third-order valence-corrected chi connectivity index (χ3v) is 2.51. The van der Waals surface area contributed by atoms with Gasteiger partial charge in [0.1, 0.15) is 11.6 Å². The van der Waals surface area contributed by atoms with Gasteiger partial charge in [0.25, 0.3) is 0 Å². The molecule has 2 aromatic heterocycles. The number of rotatable bonds is 4. The molecule has 2 rings (SSSR count). The summed E-state index contributed by atoms with van der Waals surface area (Å²) < 4.78 is 37.0. The molecule has 0 aliphatic carbocycles. The van der Waals surface area contributed by atoms with E-state index >= 15 is 0 Å². The van der Waals surface area contributed by atoms with E-state index in [-0.39, 0.29) is 5.82 Å². The fourth-order valence-corrected chi connectivity index (χ4v) is 1.49. The lowest BCUT2D eigenvalue weighted by Crippen LogP contribution is -2.10. The first-order chi connectivity index (χ1) is 9.49. The lowest BCUT2D eigenvalue weighted by Gasteiger charge is -2.08. The van der Waals surface area contributed by atoms with Crippen molar-refractivity contribution in [3.8, 4) is 0 Å². The standard InChI is InChI=1S/C12H12F3N5/c1-16-11-6-8(4-5-17-11)7-18-10-3-2-9(19-20-10)12(13,14)15/h2-6H,7H2,1H3,(H,16,17)(H,18,20). The molecule has 0 saturated carbocycles. The minimum Gasteiger partial charge on any atom is -0.373 e. The summed E-state index contributed by atoms with van der Waals surface area (Å²) in [6.07, 6.45) is -2.83. The second-order valence-electron chi connectivity index (χ2n) is 3.95. The molecule has 20 heavy (non-hydrogen) atoms. The Morgan fingerprint density at radius 3 is 2.50 bits per heavy atom. The molecule has 0 saturated heterocycles. The van der Waals surface area contributed by atoms with Crippen LogP contribution in [0, 0.1) is 0 Å². The molecule has 0 radical (unpaired) electrons. The Bertz CT molecular complexity index is 568. The highest BCUT2D eigenvalue weighted by atomic mass is 19.4. The Hall–Kier alpha value is -2.38. The number of pyridine rings is 1. The maximum atomic E-state index is 12.3. The quantitative estimate of drug-likeness (QED) is 0.903. The highest BCUT2D eigenvalue weighted by Gasteiger charge is 2.32. The minimum atomic E-state index is -4.47. The Balaban J connectivity index is 2.00. The number of anilines is 2. The molecule has 0 spiro atoms. The van der Waals surface area contributed by atoms with Crippen LogP contribution in [0.25, 0.3) is 0 Å². The fraction of sp³-hybridized carbons (Fsp3) is 0.250. The van der Waals surface area contributed by atoms with Crippen LogP contribution in [0.1, 0.15) is 11.3 Å². The molecule has 2 N–H and O–H groups in total. The first-order valence-corrected chi connectivity index (χ1v) is 5.76. The van der Waals surface area contributed by atoms with Crippen LogP contribution in [0.4, 0.5) is 24.8 Å². The molecule has 0 aliphatic heterocycles. The van der Waals surface area contributed by atoms with Crippen molar-refractivity contribution in [2.45, 2.75) is 12.7 Å². The normalized spacial score (nSPS) is 11.2. The number of nitrogens with one attached hydrogen (secondary N) is 2. The van der Waals surface area contributed by atoms with E-state index in [9.17, 15) is 13.2 Å². The molecular weight excluding hydrogens is 271 g/mol. The smallest absolute Gasteiger partial charge is 0.373 e. The first-order valence-electron chi connectivity index (χ1n) is 5.76. The molecule has 8 heteroatoms. The third-order valence-electron chi connectivity index (χ3n) is 2.51. The van der Waals surface area contributed by atoms with Crippen LogP contribution in [-0.4, -0.2) is 22.2 Å². The van der Waals surface area contributed by atoms with Gasteiger partial charge in [-0.15, -0.1) is 10.2 Å². The summed E-state index contributed by atoms with van der Waals surface area (Å²) in [5, 5.41) is 12.4. The van der Waals surface area contributed by atoms with Gasteiger partial charge in [-0.2, -0.15) is 13.2 Å². The summed E-state index contributed by atoms with van der Waals surface area (Å²) in [7, 11) is 1.75. The van der Waals surface area contributed by atoms with Gasteiger partial charge >= 0.3 is 6.18 Å². The van der Waals surface area contributed by atoms with Crippen molar-refractivity contribution in [1.82, 2.24) is 15.2 Å². The van der Waals surface area contributed by atoms with Crippen molar-refractivity contribution in [2.24, 2.45) is 0 Å². The summed E-state index contributed by atoms with van der Waals surface area (Å²) >= 11 is 0. The van der Waals surface area contributed by atoms with Crippen LogP contribution in [0.3, 0.4) is 0 Å². The lowest BCUT2D eigenvalue weighted by molar-refractivity contribution is -0.141. The van der Waals surface area contributed by atoms with Crippen LogP contribution < -0.4 is 10.6 Å². The number of halogens is 3. The maximum Gasteiger partial charge on any atom is 0.435 e. The predicted molar refractivity (Wildman–Crippen MR) is 68.1 cm³/mol. The van der Waals surface area contributed by atoms with Crippen molar-refractivity contribution < 1.29 is 13.2 Å². The van der Waals surface area contributed by atoms with Crippen molar-refractivity contribution in [3.05, 3.63) is 41.7 Å². The molecule has 106 valence electrons. The topological polar surface area (TPSA) is 62.7 Å². The second-order valence-corrected chi connectivity index (χ2v) is 3.95. The molecule has 2 heterocycles. The van der Waals surface area contributed by atoms with E-state index in [1.165, 1.54) is 6.07 Å². The predicted octanol–water partition coefficient (Wildman–Crippen LogP) is 2.54. The first kappa shape index (κ1) is 14.0. The average molecular weight is 283 g/mol. The van der Waals surface area contributed by atoms with Gasteiger partial charge in [0.15, 0.2) is 5.69 Å². The Kier molecular flexibility index (Phi) is 4.02. The molecule has 0 aliphatic rings. The van der Waals surface area contributed by atoms with Crippen LogP contribution in [0.15, 0.2) is 30.5 Å². The minimum absolute atomic E-state index is 0.279. The average Bonchev–Trinajstić information content (AvgIpc) is 2.45. The van der Waals surface area contributed by atoms with Crippen LogP contribution in [-0.2, 0) is 12.7 Å². The van der Waals surface area contributed by atoms with E-state index in [1.54, 1.807) is 19.3 Å². The van der Waals surface area contributed by atoms with Crippen molar-refractivity contribution in [2.75, 3.05) is 17.7 Å². The van der Waals surface area contributed by atoms with Crippen LogP contribution >= 0.6 is 0 Å². The molecule has 2 aromatic rings. The van der Waals surface area contributed by atoms with Gasteiger partial charge in [-0.25, -0.2) is 4.98 Å². The van der Waals surface area contributed by atoms with Gasteiger partial charge in [0, 0.05) is 19.8 Å². The Labute approximate surface area is 113 Å². The SMILES string of the molecule is CNc1cc(CNc2ccc(C(F)(F)F)nn2)ccn1. The van der Waals surface area contributed by atoms with Crippen molar-refractivity contribution in [3.63, 3.8) is 0 Å². The molecule has 5 nitrogen and oxygen atoms in total. The van der Waals surface area contributed by atoms with E-state index in [1.807, 2.05) is 6.07 Å². The van der Waals surface area contributed by atoms with E-state index in [4.69, 9.17) is 0 Å².